The number of hydrogen-bond donors (Lipinski definition) is 1. The van der Waals surface area contributed by atoms with E-state index in [-0.39, 0.29) is 5.41 Å². The third-order valence-corrected chi connectivity index (χ3v) is 4.39. The Hall–Kier alpha value is -0.820. The summed E-state index contributed by atoms with van der Waals surface area (Å²) in [6.45, 7) is 14.6. The lowest BCUT2D eigenvalue weighted by Gasteiger charge is -2.34. The van der Waals surface area contributed by atoms with E-state index in [1.165, 1.54) is 24.0 Å². The van der Waals surface area contributed by atoms with E-state index in [1.54, 1.807) is 0 Å². The smallest absolute Gasteiger partial charge is 0.00726 e. The Balaban J connectivity index is 2.97. The molecule has 0 aromatic heterocycles. The molecule has 0 bridgehead atoms. The molecule has 0 radical (unpaired) electrons. The van der Waals surface area contributed by atoms with Crippen LogP contribution in [0.4, 0.5) is 0 Å². The van der Waals surface area contributed by atoms with Crippen LogP contribution in [0.1, 0.15) is 71.4 Å². The van der Waals surface area contributed by atoms with Gasteiger partial charge < -0.3 is 5.32 Å². The van der Waals surface area contributed by atoms with Gasteiger partial charge in [0.2, 0.25) is 0 Å². The van der Waals surface area contributed by atoms with Gasteiger partial charge in [0, 0.05) is 18.0 Å². The van der Waals surface area contributed by atoms with E-state index in [9.17, 15) is 0 Å². The fourth-order valence-electron chi connectivity index (χ4n) is 2.63. The van der Waals surface area contributed by atoms with Gasteiger partial charge >= 0.3 is 0 Å². The molecule has 1 rings (SSSR count). The van der Waals surface area contributed by atoms with Crippen molar-refractivity contribution in [2.24, 2.45) is 0 Å². The number of hydrogen-bond acceptors (Lipinski definition) is 1. The van der Waals surface area contributed by atoms with Crippen LogP contribution in [0.2, 0.25) is 0 Å². The fraction of sp³-hybridized carbons (Fsp3) is 0.667. The number of rotatable bonds is 7. The van der Waals surface area contributed by atoms with Crippen molar-refractivity contribution in [2.75, 3.05) is 6.54 Å². The molecule has 0 aliphatic heterocycles. The van der Waals surface area contributed by atoms with Crippen molar-refractivity contribution < 1.29 is 0 Å². The molecule has 1 heteroatoms. The van der Waals surface area contributed by atoms with Gasteiger partial charge in [0.1, 0.15) is 0 Å². The van der Waals surface area contributed by atoms with E-state index >= 15 is 0 Å². The largest absolute Gasteiger partial charge is 0.314 e. The lowest BCUT2D eigenvalue weighted by atomic mass is 9.75. The highest BCUT2D eigenvalue weighted by Crippen LogP contribution is 2.32. The van der Waals surface area contributed by atoms with Crippen LogP contribution in [0, 0.1) is 0 Å². The molecule has 0 saturated carbocycles. The molecule has 1 N–H and O–H groups in total. The molecular formula is C18H31N. The number of nitrogens with one attached hydrogen (secondary N) is 1. The summed E-state index contributed by atoms with van der Waals surface area (Å²) in [7, 11) is 0. The first kappa shape index (κ1) is 16.2. The maximum atomic E-state index is 3.62. The first-order valence-corrected chi connectivity index (χ1v) is 7.79. The molecule has 0 unspecified atom stereocenters. The molecule has 1 aromatic carbocycles. The molecular weight excluding hydrogens is 230 g/mol. The minimum absolute atomic E-state index is 0.278. The van der Waals surface area contributed by atoms with Crippen LogP contribution in [0.5, 0.6) is 0 Å². The van der Waals surface area contributed by atoms with E-state index in [0.717, 1.165) is 6.54 Å². The SMILES string of the molecule is CCC(CC)(CNC(C)C)c1ccc(C(C)C)cc1. The monoisotopic (exact) mass is 261 g/mol. The standard InChI is InChI=1S/C18H31N/c1-7-18(8-2,13-19-15(5)6)17-11-9-16(10-12-17)14(3)4/h9-12,14-15,19H,7-8,13H2,1-6H3. The van der Waals surface area contributed by atoms with Crippen LogP contribution in [0.15, 0.2) is 24.3 Å². The van der Waals surface area contributed by atoms with Crippen molar-refractivity contribution in [2.45, 2.75) is 71.8 Å². The Morgan fingerprint density at radius 3 is 1.84 bits per heavy atom. The molecule has 19 heavy (non-hydrogen) atoms. The second kappa shape index (κ2) is 7.09. The van der Waals surface area contributed by atoms with Gasteiger partial charge in [-0.2, -0.15) is 0 Å². The lowest BCUT2D eigenvalue weighted by Crippen LogP contribution is -2.40. The average molecular weight is 261 g/mol. The highest BCUT2D eigenvalue weighted by molar-refractivity contribution is 5.31. The van der Waals surface area contributed by atoms with Crippen LogP contribution >= 0.6 is 0 Å². The molecule has 0 saturated heterocycles. The Bertz CT molecular complexity index is 358. The second-order valence-electron chi connectivity index (χ2n) is 6.30. The predicted molar refractivity (Wildman–Crippen MR) is 85.9 cm³/mol. The molecule has 1 nitrogen and oxygen atoms in total. The molecule has 0 amide bonds. The highest BCUT2D eigenvalue weighted by atomic mass is 14.9. The fourth-order valence-corrected chi connectivity index (χ4v) is 2.63. The molecule has 1 aromatic rings. The Morgan fingerprint density at radius 1 is 0.947 bits per heavy atom. The third-order valence-electron chi connectivity index (χ3n) is 4.39. The van der Waals surface area contributed by atoms with Crippen molar-refractivity contribution in [3.63, 3.8) is 0 Å². The summed E-state index contributed by atoms with van der Waals surface area (Å²) in [6.07, 6.45) is 2.37. The summed E-state index contributed by atoms with van der Waals surface area (Å²) >= 11 is 0. The van der Waals surface area contributed by atoms with Crippen LogP contribution in [-0.2, 0) is 5.41 Å². The Labute approximate surface area is 119 Å². The van der Waals surface area contributed by atoms with Crippen molar-refractivity contribution in [3.05, 3.63) is 35.4 Å². The summed E-state index contributed by atoms with van der Waals surface area (Å²) in [5.41, 5.74) is 3.19. The first-order valence-electron chi connectivity index (χ1n) is 7.79. The lowest BCUT2D eigenvalue weighted by molar-refractivity contribution is 0.354. The van der Waals surface area contributed by atoms with Gasteiger partial charge in [-0.25, -0.2) is 0 Å². The van der Waals surface area contributed by atoms with Crippen molar-refractivity contribution >= 4 is 0 Å². The van der Waals surface area contributed by atoms with Crippen LogP contribution < -0.4 is 5.32 Å². The zero-order chi connectivity index (χ0) is 14.5. The van der Waals surface area contributed by atoms with E-state index in [0.29, 0.717) is 12.0 Å². The molecule has 0 heterocycles. The molecule has 108 valence electrons. The molecule has 0 atom stereocenters. The van der Waals surface area contributed by atoms with Gasteiger partial charge in [0.15, 0.2) is 0 Å². The minimum atomic E-state index is 0.278. The van der Waals surface area contributed by atoms with Gasteiger partial charge in [-0.1, -0.05) is 65.8 Å². The minimum Gasteiger partial charge on any atom is -0.314 e. The van der Waals surface area contributed by atoms with Gasteiger partial charge in [0.05, 0.1) is 0 Å². The number of benzene rings is 1. The normalized spacial score (nSPS) is 12.4. The Kier molecular flexibility index (Phi) is 6.06. The Morgan fingerprint density at radius 2 is 1.47 bits per heavy atom. The van der Waals surface area contributed by atoms with Crippen LogP contribution in [-0.4, -0.2) is 12.6 Å². The average Bonchev–Trinajstić information content (AvgIpc) is 2.41. The molecule has 0 aliphatic carbocycles. The molecule has 0 spiro atoms. The van der Waals surface area contributed by atoms with E-state index in [4.69, 9.17) is 0 Å². The first-order chi connectivity index (χ1) is 8.95. The van der Waals surface area contributed by atoms with Gasteiger partial charge in [-0.15, -0.1) is 0 Å². The van der Waals surface area contributed by atoms with E-state index in [2.05, 4.69) is 71.1 Å². The zero-order valence-corrected chi connectivity index (χ0v) is 13.6. The van der Waals surface area contributed by atoms with Crippen molar-refractivity contribution in [3.8, 4) is 0 Å². The summed E-state index contributed by atoms with van der Waals surface area (Å²) in [4.78, 5) is 0. The van der Waals surface area contributed by atoms with Crippen molar-refractivity contribution in [1.82, 2.24) is 5.32 Å². The summed E-state index contributed by atoms with van der Waals surface area (Å²) in [5, 5.41) is 3.62. The summed E-state index contributed by atoms with van der Waals surface area (Å²) < 4.78 is 0. The maximum Gasteiger partial charge on any atom is 0.00726 e. The van der Waals surface area contributed by atoms with E-state index in [1.807, 2.05) is 0 Å². The topological polar surface area (TPSA) is 12.0 Å². The van der Waals surface area contributed by atoms with Crippen LogP contribution in [0.3, 0.4) is 0 Å². The summed E-state index contributed by atoms with van der Waals surface area (Å²) in [5.74, 6) is 0.612. The van der Waals surface area contributed by atoms with Gasteiger partial charge in [-0.05, 0) is 29.9 Å². The predicted octanol–water partition coefficient (Wildman–Crippen LogP) is 4.87. The maximum absolute atomic E-state index is 3.62. The van der Waals surface area contributed by atoms with Gasteiger partial charge in [0.25, 0.3) is 0 Å². The molecule has 0 fully saturated rings. The van der Waals surface area contributed by atoms with E-state index < -0.39 is 0 Å². The van der Waals surface area contributed by atoms with Crippen molar-refractivity contribution in [1.29, 1.82) is 0 Å². The van der Waals surface area contributed by atoms with Gasteiger partial charge in [-0.3, -0.25) is 0 Å². The quantitative estimate of drug-likeness (QED) is 0.738. The second-order valence-corrected chi connectivity index (χ2v) is 6.30. The summed E-state index contributed by atoms with van der Waals surface area (Å²) in [6, 6.07) is 9.83. The molecule has 0 aliphatic rings. The third kappa shape index (κ3) is 4.07. The van der Waals surface area contributed by atoms with Crippen LogP contribution in [0.25, 0.3) is 0 Å². The zero-order valence-electron chi connectivity index (χ0n) is 13.6. The highest BCUT2D eigenvalue weighted by Gasteiger charge is 2.28.